The summed E-state index contributed by atoms with van der Waals surface area (Å²) in [5.74, 6) is -1.12. The van der Waals surface area contributed by atoms with Gasteiger partial charge in [-0.15, -0.1) is 0 Å². The molecule has 0 saturated heterocycles. The number of anilines is 1. The summed E-state index contributed by atoms with van der Waals surface area (Å²) in [7, 11) is 0. The fourth-order valence-electron chi connectivity index (χ4n) is 2.03. The highest BCUT2D eigenvalue weighted by atomic mass is 35.5. The second kappa shape index (κ2) is 9.44. The van der Waals surface area contributed by atoms with Gasteiger partial charge in [-0.1, -0.05) is 54.1 Å². The number of para-hydroxylation sites is 1. The average Bonchev–Trinajstić information content (AvgIpc) is 2.61. The number of hydrazine groups is 1. The molecule has 0 spiro atoms. The van der Waals surface area contributed by atoms with Crippen LogP contribution in [-0.2, 0) is 20.8 Å². The van der Waals surface area contributed by atoms with Crippen molar-refractivity contribution in [2.45, 2.75) is 19.3 Å². The monoisotopic (exact) mass is 359 g/mol. The standard InChI is InChI=1S/C18H18ClN3O3/c19-14-8-4-5-9-15(14)20-16(23)10-11-17(24)21-22-18(25)12-13-6-2-1-3-7-13/h1-9H,10-12H2,(H,20,23)(H,21,24)(H,22,25). The molecule has 0 fully saturated rings. The maximum atomic E-state index is 11.8. The molecule has 0 heterocycles. The first kappa shape index (κ1) is 18.5. The number of benzene rings is 2. The number of carbonyl (C=O) groups excluding carboxylic acids is 3. The molecule has 0 aromatic heterocycles. The predicted molar refractivity (Wildman–Crippen MR) is 95.7 cm³/mol. The van der Waals surface area contributed by atoms with Crippen molar-refractivity contribution in [2.24, 2.45) is 0 Å². The number of hydrogen-bond donors (Lipinski definition) is 3. The Morgan fingerprint density at radius 2 is 1.36 bits per heavy atom. The summed E-state index contributed by atoms with van der Waals surface area (Å²) in [6.45, 7) is 0. The van der Waals surface area contributed by atoms with E-state index in [1.54, 1.807) is 24.3 Å². The van der Waals surface area contributed by atoms with Gasteiger partial charge in [-0.3, -0.25) is 25.2 Å². The zero-order valence-electron chi connectivity index (χ0n) is 13.4. The van der Waals surface area contributed by atoms with Crippen molar-refractivity contribution in [3.8, 4) is 0 Å². The molecule has 2 rings (SSSR count). The van der Waals surface area contributed by atoms with Crippen LogP contribution in [0.15, 0.2) is 54.6 Å². The van der Waals surface area contributed by atoms with Crippen molar-refractivity contribution in [2.75, 3.05) is 5.32 Å². The van der Waals surface area contributed by atoms with Gasteiger partial charge in [-0.05, 0) is 17.7 Å². The summed E-state index contributed by atoms with van der Waals surface area (Å²) in [6, 6.07) is 16.0. The molecule has 0 atom stereocenters. The molecular weight excluding hydrogens is 342 g/mol. The third-order valence-electron chi connectivity index (χ3n) is 3.28. The van der Waals surface area contributed by atoms with E-state index >= 15 is 0 Å². The molecule has 0 aliphatic heterocycles. The maximum Gasteiger partial charge on any atom is 0.242 e. The Kier molecular flexibility index (Phi) is 6.98. The lowest BCUT2D eigenvalue weighted by Gasteiger charge is -2.08. The van der Waals surface area contributed by atoms with Gasteiger partial charge in [0.05, 0.1) is 17.1 Å². The molecule has 2 aromatic carbocycles. The van der Waals surface area contributed by atoms with E-state index in [1.165, 1.54) is 0 Å². The fourth-order valence-corrected chi connectivity index (χ4v) is 2.21. The van der Waals surface area contributed by atoms with E-state index in [4.69, 9.17) is 11.6 Å². The van der Waals surface area contributed by atoms with Gasteiger partial charge in [0.1, 0.15) is 0 Å². The van der Waals surface area contributed by atoms with Gasteiger partial charge in [-0.25, -0.2) is 0 Å². The molecule has 7 heteroatoms. The molecule has 0 aliphatic rings. The van der Waals surface area contributed by atoms with Crippen LogP contribution in [-0.4, -0.2) is 17.7 Å². The molecule has 0 radical (unpaired) electrons. The van der Waals surface area contributed by atoms with E-state index < -0.39 is 5.91 Å². The van der Waals surface area contributed by atoms with E-state index in [2.05, 4.69) is 16.2 Å². The van der Waals surface area contributed by atoms with Crippen LogP contribution in [0, 0.1) is 0 Å². The second-order valence-corrected chi connectivity index (χ2v) is 5.69. The average molecular weight is 360 g/mol. The lowest BCUT2D eigenvalue weighted by atomic mass is 10.1. The Hall–Kier alpha value is -2.86. The highest BCUT2D eigenvalue weighted by molar-refractivity contribution is 6.33. The molecule has 2 aromatic rings. The topological polar surface area (TPSA) is 87.3 Å². The Morgan fingerprint density at radius 1 is 0.760 bits per heavy atom. The van der Waals surface area contributed by atoms with Gasteiger partial charge in [0.25, 0.3) is 0 Å². The number of amides is 3. The molecule has 3 N–H and O–H groups in total. The van der Waals surface area contributed by atoms with Crippen LogP contribution >= 0.6 is 11.6 Å². The number of carbonyl (C=O) groups is 3. The second-order valence-electron chi connectivity index (χ2n) is 5.29. The largest absolute Gasteiger partial charge is 0.325 e. The van der Waals surface area contributed by atoms with Gasteiger partial charge in [-0.2, -0.15) is 0 Å². The summed E-state index contributed by atoms with van der Waals surface area (Å²) >= 11 is 5.94. The van der Waals surface area contributed by atoms with Crippen molar-refractivity contribution in [3.63, 3.8) is 0 Å². The molecule has 0 bridgehead atoms. The Balaban J connectivity index is 1.67. The lowest BCUT2D eigenvalue weighted by molar-refractivity contribution is -0.129. The highest BCUT2D eigenvalue weighted by Gasteiger charge is 2.10. The SMILES string of the molecule is O=C(CCC(=O)Nc1ccccc1Cl)NNC(=O)Cc1ccccc1. The molecule has 0 aliphatic carbocycles. The minimum atomic E-state index is -0.448. The normalized spacial score (nSPS) is 9.96. The first-order valence-electron chi connectivity index (χ1n) is 7.70. The highest BCUT2D eigenvalue weighted by Crippen LogP contribution is 2.20. The minimum Gasteiger partial charge on any atom is -0.325 e. The van der Waals surface area contributed by atoms with Gasteiger partial charge in [0, 0.05) is 12.8 Å². The molecule has 3 amide bonds. The number of hydrogen-bond acceptors (Lipinski definition) is 3. The first-order chi connectivity index (χ1) is 12.0. The van der Waals surface area contributed by atoms with Crippen molar-refractivity contribution < 1.29 is 14.4 Å². The van der Waals surface area contributed by atoms with Gasteiger partial charge in [0.2, 0.25) is 17.7 Å². The molecule has 25 heavy (non-hydrogen) atoms. The van der Waals surface area contributed by atoms with Gasteiger partial charge >= 0.3 is 0 Å². The van der Waals surface area contributed by atoms with E-state index in [0.29, 0.717) is 10.7 Å². The zero-order valence-corrected chi connectivity index (χ0v) is 14.2. The Morgan fingerprint density at radius 3 is 2.08 bits per heavy atom. The molecule has 0 unspecified atom stereocenters. The van der Waals surface area contributed by atoms with Crippen LogP contribution in [0.1, 0.15) is 18.4 Å². The molecule has 6 nitrogen and oxygen atoms in total. The summed E-state index contributed by atoms with van der Waals surface area (Å²) in [5.41, 5.74) is 5.94. The van der Waals surface area contributed by atoms with Crippen LogP contribution in [0.5, 0.6) is 0 Å². The summed E-state index contributed by atoms with van der Waals surface area (Å²) < 4.78 is 0. The van der Waals surface area contributed by atoms with Crippen molar-refractivity contribution in [1.82, 2.24) is 10.9 Å². The molecule has 0 saturated carbocycles. The van der Waals surface area contributed by atoms with Crippen LogP contribution in [0.2, 0.25) is 5.02 Å². The quantitative estimate of drug-likeness (QED) is 0.692. The Labute approximate surface area is 150 Å². The summed E-state index contributed by atoms with van der Waals surface area (Å²) in [5, 5.41) is 3.05. The predicted octanol–water partition coefficient (Wildman–Crippen LogP) is 2.45. The minimum absolute atomic E-state index is 0.0222. The Bertz CT molecular complexity index is 750. The van der Waals surface area contributed by atoms with Crippen LogP contribution < -0.4 is 16.2 Å². The summed E-state index contributed by atoms with van der Waals surface area (Å²) in [6.07, 6.45) is 0.0849. The third-order valence-corrected chi connectivity index (χ3v) is 3.61. The van der Waals surface area contributed by atoms with Gasteiger partial charge in [0.15, 0.2) is 0 Å². The number of halogens is 1. The smallest absolute Gasteiger partial charge is 0.242 e. The lowest BCUT2D eigenvalue weighted by Crippen LogP contribution is -2.42. The van der Waals surface area contributed by atoms with Crippen molar-refractivity contribution in [1.29, 1.82) is 0 Å². The maximum absolute atomic E-state index is 11.8. The van der Waals surface area contributed by atoms with E-state index in [1.807, 2.05) is 30.3 Å². The third kappa shape index (κ3) is 6.64. The van der Waals surface area contributed by atoms with Crippen LogP contribution in [0.25, 0.3) is 0 Å². The summed E-state index contributed by atoms with van der Waals surface area (Å²) in [4.78, 5) is 35.2. The van der Waals surface area contributed by atoms with Crippen molar-refractivity contribution >= 4 is 35.0 Å². The van der Waals surface area contributed by atoms with E-state index in [-0.39, 0.29) is 31.1 Å². The fraction of sp³-hybridized carbons (Fsp3) is 0.167. The number of rotatable bonds is 6. The molecule has 130 valence electrons. The van der Waals surface area contributed by atoms with Crippen LogP contribution in [0.3, 0.4) is 0 Å². The first-order valence-corrected chi connectivity index (χ1v) is 8.08. The van der Waals surface area contributed by atoms with Gasteiger partial charge < -0.3 is 5.32 Å². The van der Waals surface area contributed by atoms with Crippen LogP contribution in [0.4, 0.5) is 5.69 Å². The van der Waals surface area contributed by atoms with E-state index in [9.17, 15) is 14.4 Å². The number of nitrogens with one attached hydrogen (secondary N) is 3. The molecular formula is C18H18ClN3O3. The zero-order chi connectivity index (χ0) is 18.1. The van der Waals surface area contributed by atoms with Crippen molar-refractivity contribution in [3.05, 3.63) is 65.2 Å². The van der Waals surface area contributed by atoms with E-state index in [0.717, 1.165) is 5.56 Å².